The average molecular weight is 189 g/mol. The van der Waals surface area contributed by atoms with Crippen LogP contribution in [0.4, 0.5) is 11.4 Å². The summed E-state index contributed by atoms with van der Waals surface area (Å²) in [5.74, 6) is 0.601. The van der Waals surface area contributed by atoms with Gasteiger partial charge in [-0.2, -0.15) is 0 Å². The van der Waals surface area contributed by atoms with Gasteiger partial charge in [0.05, 0.1) is 17.6 Å². The average Bonchev–Trinajstić information content (AvgIpc) is 3.00. The maximum absolute atomic E-state index is 11.6. The summed E-state index contributed by atoms with van der Waals surface area (Å²) in [4.78, 5) is 15.6. The molecule has 0 radical (unpaired) electrons. The SMILES string of the molecule is O=C1Nc2cnccc2NC1C1CC1. The Morgan fingerprint density at radius 1 is 1.36 bits per heavy atom. The van der Waals surface area contributed by atoms with Crippen molar-refractivity contribution in [3.05, 3.63) is 18.5 Å². The normalized spacial score (nSPS) is 24.9. The summed E-state index contributed by atoms with van der Waals surface area (Å²) in [6, 6.07) is 1.86. The molecule has 1 aromatic rings. The fourth-order valence-corrected chi connectivity index (χ4v) is 1.82. The Balaban J connectivity index is 1.94. The topological polar surface area (TPSA) is 54.0 Å². The van der Waals surface area contributed by atoms with Crippen molar-refractivity contribution in [1.29, 1.82) is 0 Å². The molecule has 0 spiro atoms. The van der Waals surface area contributed by atoms with Crippen molar-refractivity contribution in [2.24, 2.45) is 5.92 Å². The van der Waals surface area contributed by atoms with Crippen LogP contribution in [0, 0.1) is 5.92 Å². The van der Waals surface area contributed by atoms with Gasteiger partial charge in [-0.25, -0.2) is 0 Å². The molecule has 2 N–H and O–H groups in total. The zero-order valence-electron chi connectivity index (χ0n) is 7.66. The molecule has 4 nitrogen and oxygen atoms in total. The first kappa shape index (κ1) is 7.79. The summed E-state index contributed by atoms with van der Waals surface area (Å²) in [6.07, 6.45) is 5.72. The molecule has 0 bridgehead atoms. The van der Waals surface area contributed by atoms with Crippen LogP contribution in [0.3, 0.4) is 0 Å². The number of anilines is 2. The van der Waals surface area contributed by atoms with Gasteiger partial charge in [0, 0.05) is 6.20 Å². The lowest BCUT2D eigenvalue weighted by molar-refractivity contribution is -0.117. The first-order chi connectivity index (χ1) is 6.84. The Morgan fingerprint density at radius 2 is 2.21 bits per heavy atom. The highest BCUT2D eigenvalue weighted by atomic mass is 16.2. The Kier molecular flexibility index (Phi) is 1.50. The molecule has 1 fully saturated rings. The van der Waals surface area contributed by atoms with Crippen molar-refractivity contribution < 1.29 is 4.79 Å². The van der Waals surface area contributed by atoms with E-state index in [1.807, 2.05) is 6.07 Å². The van der Waals surface area contributed by atoms with E-state index in [1.165, 1.54) is 0 Å². The summed E-state index contributed by atoms with van der Waals surface area (Å²) in [6.45, 7) is 0. The predicted molar refractivity (Wildman–Crippen MR) is 53.0 cm³/mol. The van der Waals surface area contributed by atoms with Crippen LogP contribution in [0.2, 0.25) is 0 Å². The fraction of sp³-hybridized carbons (Fsp3) is 0.400. The Hall–Kier alpha value is -1.58. The van der Waals surface area contributed by atoms with E-state index < -0.39 is 0 Å². The second kappa shape index (κ2) is 2.70. The van der Waals surface area contributed by atoms with Crippen molar-refractivity contribution in [3.63, 3.8) is 0 Å². The molecule has 72 valence electrons. The number of nitrogens with one attached hydrogen (secondary N) is 2. The van der Waals surface area contributed by atoms with Gasteiger partial charge < -0.3 is 10.6 Å². The predicted octanol–water partition coefficient (Wildman–Crippen LogP) is 1.22. The molecule has 1 amide bonds. The van der Waals surface area contributed by atoms with Crippen LogP contribution < -0.4 is 10.6 Å². The Bertz CT molecular complexity index is 387. The molecule has 3 rings (SSSR count). The third-order valence-electron chi connectivity index (χ3n) is 2.77. The fourth-order valence-electron chi connectivity index (χ4n) is 1.82. The van der Waals surface area contributed by atoms with E-state index in [1.54, 1.807) is 12.4 Å². The summed E-state index contributed by atoms with van der Waals surface area (Å²) < 4.78 is 0. The minimum Gasteiger partial charge on any atom is -0.372 e. The van der Waals surface area contributed by atoms with Crippen molar-refractivity contribution in [2.75, 3.05) is 10.6 Å². The number of rotatable bonds is 1. The molecular formula is C10H11N3O. The van der Waals surface area contributed by atoms with Crippen LogP contribution in [0.25, 0.3) is 0 Å². The quantitative estimate of drug-likeness (QED) is 0.698. The molecule has 4 heteroatoms. The number of hydrogen-bond donors (Lipinski definition) is 2. The van der Waals surface area contributed by atoms with Gasteiger partial charge in [-0.15, -0.1) is 0 Å². The van der Waals surface area contributed by atoms with Crippen LogP contribution in [-0.2, 0) is 4.79 Å². The molecule has 0 aromatic carbocycles. The second-order valence-electron chi connectivity index (χ2n) is 3.87. The number of carbonyl (C=O) groups is 1. The van der Waals surface area contributed by atoms with E-state index in [-0.39, 0.29) is 11.9 Å². The largest absolute Gasteiger partial charge is 0.372 e. The van der Waals surface area contributed by atoms with E-state index >= 15 is 0 Å². The van der Waals surface area contributed by atoms with Crippen molar-refractivity contribution in [2.45, 2.75) is 18.9 Å². The molecule has 1 aromatic heterocycles. The molecule has 2 heterocycles. The molecule has 1 aliphatic heterocycles. The van der Waals surface area contributed by atoms with Crippen LogP contribution in [0.1, 0.15) is 12.8 Å². The van der Waals surface area contributed by atoms with Gasteiger partial charge in [0.2, 0.25) is 5.91 Å². The smallest absolute Gasteiger partial charge is 0.247 e. The third kappa shape index (κ3) is 1.14. The standard InChI is InChI=1S/C10H11N3O/c14-10-9(6-1-2-6)12-7-3-4-11-5-8(7)13-10/h3-6,9,12H,1-2H2,(H,13,14). The monoisotopic (exact) mass is 189 g/mol. The second-order valence-corrected chi connectivity index (χ2v) is 3.87. The number of amides is 1. The van der Waals surface area contributed by atoms with E-state index in [0.717, 1.165) is 24.2 Å². The Morgan fingerprint density at radius 3 is 3.00 bits per heavy atom. The first-order valence-electron chi connectivity index (χ1n) is 4.86. The molecule has 2 aliphatic rings. The zero-order valence-corrected chi connectivity index (χ0v) is 7.66. The number of nitrogens with zero attached hydrogens (tertiary/aromatic N) is 1. The van der Waals surface area contributed by atoms with Gasteiger partial charge in [0.15, 0.2) is 0 Å². The summed E-state index contributed by atoms with van der Waals surface area (Å²) in [7, 11) is 0. The number of carbonyl (C=O) groups excluding carboxylic acids is 1. The van der Waals surface area contributed by atoms with Gasteiger partial charge in [-0.3, -0.25) is 9.78 Å². The van der Waals surface area contributed by atoms with Gasteiger partial charge >= 0.3 is 0 Å². The minimum absolute atomic E-state index is 0.0371. The summed E-state index contributed by atoms with van der Waals surface area (Å²) in [5, 5.41) is 6.12. The van der Waals surface area contributed by atoms with Gasteiger partial charge in [0.25, 0.3) is 0 Å². The van der Waals surface area contributed by atoms with Crippen molar-refractivity contribution in [3.8, 4) is 0 Å². The van der Waals surface area contributed by atoms with Crippen LogP contribution in [-0.4, -0.2) is 16.9 Å². The minimum atomic E-state index is -0.0371. The van der Waals surface area contributed by atoms with E-state index in [4.69, 9.17) is 0 Å². The lowest BCUT2D eigenvalue weighted by Crippen LogP contribution is -2.40. The van der Waals surface area contributed by atoms with Crippen molar-refractivity contribution in [1.82, 2.24) is 4.98 Å². The first-order valence-corrected chi connectivity index (χ1v) is 4.86. The lowest BCUT2D eigenvalue weighted by atomic mass is 10.1. The highest BCUT2D eigenvalue weighted by molar-refractivity contribution is 6.03. The van der Waals surface area contributed by atoms with Crippen LogP contribution in [0.15, 0.2) is 18.5 Å². The van der Waals surface area contributed by atoms with Crippen molar-refractivity contribution >= 4 is 17.3 Å². The number of pyridine rings is 1. The molecule has 1 unspecified atom stereocenters. The van der Waals surface area contributed by atoms with Gasteiger partial charge in [-0.05, 0) is 24.8 Å². The van der Waals surface area contributed by atoms with E-state index in [0.29, 0.717) is 5.92 Å². The highest BCUT2D eigenvalue weighted by Gasteiger charge is 2.38. The molecule has 1 aliphatic carbocycles. The molecule has 14 heavy (non-hydrogen) atoms. The zero-order chi connectivity index (χ0) is 9.54. The number of hydrogen-bond acceptors (Lipinski definition) is 3. The van der Waals surface area contributed by atoms with E-state index in [9.17, 15) is 4.79 Å². The molecule has 0 saturated heterocycles. The summed E-state index contributed by atoms with van der Waals surface area (Å²) in [5.41, 5.74) is 1.77. The number of aromatic nitrogens is 1. The van der Waals surface area contributed by atoms with Gasteiger partial charge in [0.1, 0.15) is 6.04 Å². The van der Waals surface area contributed by atoms with Crippen LogP contribution >= 0.6 is 0 Å². The maximum atomic E-state index is 11.6. The number of fused-ring (bicyclic) bond motifs is 1. The van der Waals surface area contributed by atoms with Crippen LogP contribution in [0.5, 0.6) is 0 Å². The molecular weight excluding hydrogens is 178 g/mol. The highest BCUT2D eigenvalue weighted by Crippen LogP contribution is 2.37. The lowest BCUT2D eigenvalue weighted by Gasteiger charge is -2.26. The summed E-state index contributed by atoms with van der Waals surface area (Å²) >= 11 is 0. The maximum Gasteiger partial charge on any atom is 0.247 e. The van der Waals surface area contributed by atoms with E-state index in [2.05, 4.69) is 15.6 Å². The molecule has 1 saturated carbocycles. The molecule has 1 atom stereocenters. The Labute approximate surface area is 81.7 Å². The third-order valence-corrected chi connectivity index (χ3v) is 2.77. The van der Waals surface area contributed by atoms with Gasteiger partial charge in [-0.1, -0.05) is 0 Å².